The summed E-state index contributed by atoms with van der Waals surface area (Å²) in [4.78, 5) is 21.9. The second-order valence-electron chi connectivity index (χ2n) is 7.49. The first-order valence-corrected chi connectivity index (χ1v) is 11.1. The van der Waals surface area contributed by atoms with Gasteiger partial charge in [0.05, 0.1) is 19.3 Å². The lowest BCUT2D eigenvalue weighted by atomic mass is 10.1. The van der Waals surface area contributed by atoms with Crippen LogP contribution in [0.4, 0.5) is 0 Å². The first-order valence-electron chi connectivity index (χ1n) is 10.2. The van der Waals surface area contributed by atoms with Crippen molar-refractivity contribution in [1.29, 1.82) is 0 Å². The molecule has 0 unspecified atom stereocenters. The number of methoxy groups -OCH3 is 1. The number of thiazole rings is 1. The van der Waals surface area contributed by atoms with Gasteiger partial charge in [0.1, 0.15) is 10.8 Å². The highest BCUT2D eigenvalue weighted by Gasteiger charge is 2.24. The molecule has 2 aliphatic heterocycles. The number of carbonyl (C=O) groups excluding carboxylic acids is 1. The van der Waals surface area contributed by atoms with Gasteiger partial charge in [-0.2, -0.15) is 0 Å². The van der Waals surface area contributed by atoms with Gasteiger partial charge in [0.15, 0.2) is 11.5 Å². The average Bonchev–Trinajstić information content (AvgIpc) is 3.48. The van der Waals surface area contributed by atoms with Gasteiger partial charge in [0.2, 0.25) is 6.79 Å². The van der Waals surface area contributed by atoms with Crippen molar-refractivity contribution in [3.63, 3.8) is 0 Å². The maximum atomic E-state index is 12.9. The van der Waals surface area contributed by atoms with Crippen molar-refractivity contribution < 1.29 is 19.0 Å². The van der Waals surface area contributed by atoms with E-state index in [4.69, 9.17) is 19.2 Å². The van der Waals surface area contributed by atoms with Gasteiger partial charge in [-0.05, 0) is 42.5 Å². The number of rotatable bonds is 5. The van der Waals surface area contributed by atoms with Crippen molar-refractivity contribution in [3.05, 3.63) is 58.4 Å². The molecule has 2 aromatic carbocycles. The molecule has 0 radical (unpaired) electrons. The van der Waals surface area contributed by atoms with Gasteiger partial charge in [-0.25, -0.2) is 4.98 Å². The minimum Gasteiger partial charge on any atom is -0.497 e. The van der Waals surface area contributed by atoms with Crippen LogP contribution in [0.25, 0.3) is 11.3 Å². The first-order chi connectivity index (χ1) is 15.2. The van der Waals surface area contributed by atoms with Crippen LogP contribution in [0.3, 0.4) is 0 Å². The Kier molecular flexibility index (Phi) is 6.83. The number of hydrogen-bond donors (Lipinski definition) is 0. The third-order valence-corrected chi connectivity index (χ3v) is 6.41. The quantitative estimate of drug-likeness (QED) is 0.559. The van der Waals surface area contributed by atoms with Gasteiger partial charge >= 0.3 is 0 Å². The zero-order valence-corrected chi connectivity index (χ0v) is 19.3. The van der Waals surface area contributed by atoms with Gasteiger partial charge < -0.3 is 19.1 Å². The Balaban J connectivity index is 0.00000245. The standard InChI is InChI=1S/C23H23N3O4S.ClH/c1-28-18-5-2-16(3-6-18)19-14-31-22(24-19)13-25-8-10-26(11-9-25)23(27)17-4-7-20-21(12-17)30-15-29-20;/h2-7,12,14H,8-11,13,15H2,1H3;1H. The maximum Gasteiger partial charge on any atom is 0.254 e. The Morgan fingerprint density at radius 2 is 1.81 bits per heavy atom. The van der Waals surface area contributed by atoms with Gasteiger partial charge in [0.25, 0.3) is 5.91 Å². The van der Waals surface area contributed by atoms with E-state index in [1.807, 2.05) is 29.2 Å². The van der Waals surface area contributed by atoms with E-state index in [1.54, 1.807) is 36.6 Å². The number of nitrogens with zero attached hydrogens (tertiary/aromatic N) is 3. The predicted octanol–water partition coefficient (Wildman–Crippen LogP) is 3.93. The van der Waals surface area contributed by atoms with E-state index >= 15 is 0 Å². The predicted molar refractivity (Wildman–Crippen MR) is 125 cm³/mol. The molecule has 1 fully saturated rings. The summed E-state index contributed by atoms with van der Waals surface area (Å²) in [5, 5.41) is 3.18. The van der Waals surface area contributed by atoms with Crippen LogP contribution in [-0.2, 0) is 6.54 Å². The normalized spacial score (nSPS) is 15.3. The molecular formula is C23H24ClN3O4S. The molecule has 7 nitrogen and oxygen atoms in total. The molecule has 2 aliphatic rings. The Labute approximate surface area is 196 Å². The lowest BCUT2D eigenvalue weighted by molar-refractivity contribution is 0.0628. The van der Waals surface area contributed by atoms with E-state index in [-0.39, 0.29) is 25.1 Å². The minimum atomic E-state index is 0. The molecule has 0 bridgehead atoms. The molecule has 3 aromatic rings. The SMILES string of the molecule is COc1ccc(-c2csc(CN3CCN(C(=O)c4ccc5c(c4)OCO5)CC3)n2)cc1.Cl. The summed E-state index contributed by atoms with van der Waals surface area (Å²) in [6, 6.07) is 13.3. The molecule has 1 saturated heterocycles. The Bertz CT molecular complexity index is 1080. The molecule has 3 heterocycles. The minimum absolute atomic E-state index is 0. The summed E-state index contributed by atoms with van der Waals surface area (Å²) in [5.41, 5.74) is 2.71. The summed E-state index contributed by atoms with van der Waals surface area (Å²) >= 11 is 1.67. The molecule has 168 valence electrons. The fourth-order valence-electron chi connectivity index (χ4n) is 3.79. The van der Waals surface area contributed by atoms with Crippen LogP contribution in [0.1, 0.15) is 15.4 Å². The van der Waals surface area contributed by atoms with Crippen LogP contribution in [0.2, 0.25) is 0 Å². The molecular weight excluding hydrogens is 450 g/mol. The molecule has 0 atom stereocenters. The third-order valence-electron chi connectivity index (χ3n) is 5.58. The smallest absolute Gasteiger partial charge is 0.254 e. The van der Waals surface area contributed by atoms with Crippen LogP contribution in [0.15, 0.2) is 47.8 Å². The summed E-state index contributed by atoms with van der Waals surface area (Å²) in [6.45, 7) is 4.06. The number of fused-ring (bicyclic) bond motifs is 1. The fourth-order valence-corrected chi connectivity index (χ4v) is 4.64. The number of hydrogen-bond acceptors (Lipinski definition) is 7. The van der Waals surface area contributed by atoms with Crippen LogP contribution < -0.4 is 14.2 Å². The lowest BCUT2D eigenvalue weighted by Crippen LogP contribution is -2.48. The van der Waals surface area contributed by atoms with Crippen LogP contribution in [-0.4, -0.2) is 60.8 Å². The highest BCUT2D eigenvalue weighted by atomic mass is 35.5. The van der Waals surface area contributed by atoms with Crippen molar-refractivity contribution in [2.24, 2.45) is 0 Å². The molecule has 0 N–H and O–H groups in total. The van der Waals surface area contributed by atoms with Crippen LogP contribution >= 0.6 is 23.7 Å². The van der Waals surface area contributed by atoms with Crippen LogP contribution in [0, 0.1) is 0 Å². The molecule has 0 aliphatic carbocycles. The second-order valence-corrected chi connectivity index (χ2v) is 8.43. The van der Waals surface area contributed by atoms with E-state index in [2.05, 4.69) is 10.3 Å². The van der Waals surface area contributed by atoms with Crippen molar-refractivity contribution in [2.45, 2.75) is 6.54 Å². The zero-order chi connectivity index (χ0) is 21.2. The molecule has 0 spiro atoms. The van der Waals surface area contributed by atoms with Gasteiger partial charge in [0, 0.05) is 42.7 Å². The Morgan fingerprint density at radius 3 is 2.56 bits per heavy atom. The molecule has 9 heteroatoms. The molecule has 1 amide bonds. The zero-order valence-electron chi connectivity index (χ0n) is 17.7. The van der Waals surface area contributed by atoms with E-state index < -0.39 is 0 Å². The van der Waals surface area contributed by atoms with Crippen molar-refractivity contribution in [1.82, 2.24) is 14.8 Å². The summed E-state index contributed by atoms with van der Waals surface area (Å²) in [6.07, 6.45) is 0. The maximum absolute atomic E-state index is 12.9. The summed E-state index contributed by atoms with van der Waals surface area (Å²) < 4.78 is 15.9. The molecule has 5 rings (SSSR count). The number of halogens is 1. The fraction of sp³-hybridized carbons (Fsp3) is 0.304. The molecule has 1 aromatic heterocycles. The number of aromatic nitrogens is 1. The number of ether oxygens (including phenoxy) is 3. The summed E-state index contributed by atoms with van der Waals surface area (Å²) in [7, 11) is 1.67. The highest BCUT2D eigenvalue weighted by molar-refractivity contribution is 7.09. The van der Waals surface area contributed by atoms with Gasteiger partial charge in [-0.15, -0.1) is 23.7 Å². The monoisotopic (exact) mass is 473 g/mol. The van der Waals surface area contributed by atoms with Crippen molar-refractivity contribution >= 4 is 29.7 Å². The number of benzene rings is 2. The second kappa shape index (κ2) is 9.77. The van der Waals surface area contributed by atoms with Gasteiger partial charge in [-0.1, -0.05) is 0 Å². The van der Waals surface area contributed by atoms with E-state index in [0.717, 1.165) is 41.6 Å². The van der Waals surface area contributed by atoms with Gasteiger partial charge in [-0.3, -0.25) is 9.69 Å². The number of piperazine rings is 1. The Morgan fingerprint density at radius 1 is 1.06 bits per heavy atom. The Hall–Kier alpha value is -2.81. The van der Waals surface area contributed by atoms with E-state index in [9.17, 15) is 4.79 Å². The lowest BCUT2D eigenvalue weighted by Gasteiger charge is -2.34. The largest absolute Gasteiger partial charge is 0.497 e. The average molecular weight is 474 g/mol. The van der Waals surface area contributed by atoms with Crippen molar-refractivity contribution in [2.75, 3.05) is 40.1 Å². The van der Waals surface area contributed by atoms with E-state index in [1.165, 1.54) is 0 Å². The third kappa shape index (κ3) is 4.67. The van der Waals surface area contributed by atoms with E-state index in [0.29, 0.717) is 30.2 Å². The van der Waals surface area contributed by atoms with Crippen molar-refractivity contribution in [3.8, 4) is 28.5 Å². The summed E-state index contributed by atoms with van der Waals surface area (Å²) in [5.74, 6) is 2.21. The topological polar surface area (TPSA) is 64.1 Å². The highest BCUT2D eigenvalue weighted by Crippen LogP contribution is 2.33. The first kappa shape index (κ1) is 22.4. The number of carbonyl (C=O) groups is 1. The van der Waals surface area contributed by atoms with Crippen LogP contribution in [0.5, 0.6) is 17.2 Å². The molecule has 0 saturated carbocycles. The molecule has 32 heavy (non-hydrogen) atoms. The number of amides is 1.